The Morgan fingerprint density at radius 3 is 2.44 bits per heavy atom. The van der Waals surface area contributed by atoms with Gasteiger partial charge in [-0.25, -0.2) is 0 Å². The fourth-order valence-corrected chi connectivity index (χ4v) is 4.96. The maximum absolute atomic E-state index is 12.9. The van der Waals surface area contributed by atoms with Crippen LogP contribution in [0.2, 0.25) is 0 Å². The van der Waals surface area contributed by atoms with Gasteiger partial charge in [-0.2, -0.15) is 0 Å². The zero-order valence-electron chi connectivity index (χ0n) is 18.8. The molecule has 7 heteroatoms. The van der Waals surface area contributed by atoms with E-state index in [1.165, 1.54) is 27.7 Å². The third-order valence-corrected chi connectivity index (χ3v) is 6.76. The van der Waals surface area contributed by atoms with Crippen molar-refractivity contribution in [2.45, 2.75) is 19.4 Å². The highest BCUT2D eigenvalue weighted by atomic mass is 35.5. The quantitative estimate of drug-likeness (QED) is 0.574. The minimum absolute atomic E-state index is 0. The van der Waals surface area contributed by atoms with Crippen molar-refractivity contribution in [1.82, 2.24) is 14.4 Å². The number of halogens is 2. The van der Waals surface area contributed by atoms with Gasteiger partial charge in [0, 0.05) is 56.5 Å². The van der Waals surface area contributed by atoms with Gasteiger partial charge < -0.3 is 14.4 Å². The first-order valence-electron chi connectivity index (χ1n) is 11.0. The largest absolute Gasteiger partial charge is 0.346 e. The number of hydrogen-bond donors (Lipinski definition) is 0. The lowest BCUT2D eigenvalue weighted by molar-refractivity contribution is -0.121. The number of carbonyl (C=O) groups excluding carboxylic acids is 1. The molecule has 0 spiro atoms. The third-order valence-electron chi connectivity index (χ3n) is 6.76. The topological polar surface area (TPSA) is 31.7 Å². The van der Waals surface area contributed by atoms with Crippen LogP contribution >= 0.6 is 24.8 Å². The molecule has 5 rings (SSSR count). The molecule has 1 fully saturated rings. The lowest BCUT2D eigenvalue weighted by Crippen LogP contribution is -2.50. The summed E-state index contributed by atoms with van der Waals surface area (Å²) in [6, 6.07) is 17.1. The Hall–Kier alpha value is -2.05. The van der Waals surface area contributed by atoms with Crippen molar-refractivity contribution in [2.24, 2.45) is 7.05 Å². The molecule has 0 N–H and O–H groups in total. The van der Waals surface area contributed by atoms with E-state index >= 15 is 0 Å². The van der Waals surface area contributed by atoms with E-state index in [9.17, 15) is 4.79 Å². The summed E-state index contributed by atoms with van der Waals surface area (Å²) in [5, 5.41) is 1.35. The monoisotopic (exact) mass is 474 g/mol. The minimum atomic E-state index is 0. The molecule has 3 heterocycles. The van der Waals surface area contributed by atoms with Crippen LogP contribution in [0, 0.1) is 0 Å². The van der Waals surface area contributed by atoms with Crippen molar-refractivity contribution in [3.63, 3.8) is 0 Å². The Kier molecular flexibility index (Phi) is 7.88. The molecule has 2 aromatic carbocycles. The molecule has 2 aliphatic rings. The fourth-order valence-electron chi connectivity index (χ4n) is 4.96. The van der Waals surface area contributed by atoms with Crippen LogP contribution in [0.3, 0.4) is 0 Å². The van der Waals surface area contributed by atoms with Crippen molar-refractivity contribution < 1.29 is 4.79 Å². The van der Waals surface area contributed by atoms with Gasteiger partial charge in [0.05, 0.1) is 12.1 Å². The number of benzene rings is 2. The molecule has 1 aromatic heterocycles. The van der Waals surface area contributed by atoms with Gasteiger partial charge in [0.2, 0.25) is 5.91 Å². The molecule has 32 heavy (non-hydrogen) atoms. The van der Waals surface area contributed by atoms with Crippen molar-refractivity contribution >= 4 is 47.3 Å². The highest BCUT2D eigenvalue weighted by Gasteiger charge is 2.26. The summed E-state index contributed by atoms with van der Waals surface area (Å²) >= 11 is 0. The fraction of sp³-hybridized carbons (Fsp3) is 0.400. The van der Waals surface area contributed by atoms with Gasteiger partial charge >= 0.3 is 0 Å². The molecule has 1 saturated heterocycles. The Balaban J connectivity index is 0.00000144. The van der Waals surface area contributed by atoms with Crippen LogP contribution < -0.4 is 4.90 Å². The average Bonchev–Trinajstić information content (AvgIpc) is 3.04. The summed E-state index contributed by atoms with van der Waals surface area (Å²) in [4.78, 5) is 19.6. The molecular weight excluding hydrogens is 443 g/mol. The van der Waals surface area contributed by atoms with Crippen LogP contribution in [-0.2, 0) is 31.2 Å². The molecule has 0 radical (unpaired) electrons. The van der Waals surface area contributed by atoms with Gasteiger partial charge in [-0.1, -0.05) is 36.4 Å². The molecule has 2 aliphatic heterocycles. The number of aryl methyl sites for hydroxylation is 1. The number of hydrogen-bond acceptors (Lipinski definition) is 3. The Morgan fingerprint density at radius 1 is 0.906 bits per heavy atom. The van der Waals surface area contributed by atoms with Crippen LogP contribution in [0.15, 0.2) is 48.5 Å². The molecule has 0 saturated carbocycles. The van der Waals surface area contributed by atoms with Crippen LogP contribution in [0.25, 0.3) is 10.9 Å². The van der Waals surface area contributed by atoms with Gasteiger partial charge in [-0.05, 0) is 43.1 Å². The lowest BCUT2D eigenvalue weighted by Gasteiger charge is -2.34. The Labute approximate surface area is 202 Å². The second kappa shape index (κ2) is 10.3. The van der Waals surface area contributed by atoms with E-state index in [1.807, 2.05) is 11.0 Å². The molecule has 0 bridgehead atoms. The number of fused-ring (bicyclic) bond motifs is 3. The van der Waals surface area contributed by atoms with E-state index < -0.39 is 0 Å². The normalized spacial score (nSPS) is 17.1. The number of aromatic nitrogens is 1. The first-order chi connectivity index (χ1) is 14.6. The maximum atomic E-state index is 12.9. The minimum Gasteiger partial charge on any atom is -0.346 e. The van der Waals surface area contributed by atoms with Crippen molar-refractivity contribution in [1.29, 1.82) is 0 Å². The molecule has 5 nitrogen and oxygen atoms in total. The predicted octanol–water partition coefficient (Wildman–Crippen LogP) is 3.90. The maximum Gasteiger partial charge on any atom is 0.241 e. The van der Waals surface area contributed by atoms with Gasteiger partial charge in [-0.15, -0.1) is 24.8 Å². The van der Waals surface area contributed by atoms with E-state index in [4.69, 9.17) is 0 Å². The molecule has 0 atom stereocenters. The van der Waals surface area contributed by atoms with Crippen molar-refractivity contribution in [3.05, 3.63) is 65.4 Å². The number of nitrogens with zero attached hydrogens (tertiary/aromatic N) is 4. The third kappa shape index (κ3) is 4.67. The van der Waals surface area contributed by atoms with Gasteiger partial charge in [0.15, 0.2) is 0 Å². The molecule has 172 valence electrons. The predicted molar refractivity (Wildman–Crippen MR) is 136 cm³/mol. The number of likely N-dealkylation sites (N-methyl/N-ethyl adjacent to an activating group) is 1. The van der Waals surface area contributed by atoms with E-state index in [1.54, 1.807) is 0 Å². The first-order valence-corrected chi connectivity index (χ1v) is 11.0. The zero-order chi connectivity index (χ0) is 20.7. The second-order valence-electron chi connectivity index (χ2n) is 8.73. The highest BCUT2D eigenvalue weighted by molar-refractivity contribution is 5.98. The number of carbonyl (C=O) groups is 1. The summed E-state index contributed by atoms with van der Waals surface area (Å²) < 4.78 is 2.32. The van der Waals surface area contributed by atoms with Crippen LogP contribution in [0.5, 0.6) is 0 Å². The standard InChI is InChI=1S/C25H30N4O.2ClH/c1-26-12-11-22-21-9-8-20(16-23(21)27(2)24(22)17-26)29-15-14-28(18-25(29)30)13-10-19-6-4-3-5-7-19;;/h3-9,16H,10-15,17-18H2,1-2H3;2*1H. The molecule has 0 aliphatic carbocycles. The number of anilines is 1. The zero-order valence-corrected chi connectivity index (χ0v) is 20.4. The number of amides is 1. The van der Waals surface area contributed by atoms with Crippen molar-refractivity contribution in [2.75, 3.05) is 44.7 Å². The summed E-state index contributed by atoms with van der Waals surface area (Å²) in [5.41, 5.74) is 6.49. The van der Waals surface area contributed by atoms with Crippen LogP contribution in [0.4, 0.5) is 5.69 Å². The van der Waals surface area contributed by atoms with E-state index in [0.717, 1.165) is 51.3 Å². The summed E-state index contributed by atoms with van der Waals surface area (Å²) in [6.45, 7) is 5.21. The molecule has 3 aromatic rings. The summed E-state index contributed by atoms with van der Waals surface area (Å²) in [5.74, 6) is 0.201. The second-order valence-corrected chi connectivity index (χ2v) is 8.73. The highest BCUT2D eigenvalue weighted by Crippen LogP contribution is 2.32. The Morgan fingerprint density at radius 2 is 1.69 bits per heavy atom. The summed E-state index contributed by atoms with van der Waals surface area (Å²) in [7, 11) is 4.34. The Bertz CT molecular complexity index is 1080. The summed E-state index contributed by atoms with van der Waals surface area (Å²) in [6.07, 6.45) is 2.09. The van der Waals surface area contributed by atoms with Gasteiger partial charge in [-0.3, -0.25) is 9.69 Å². The van der Waals surface area contributed by atoms with Gasteiger partial charge in [0.1, 0.15) is 0 Å². The van der Waals surface area contributed by atoms with Gasteiger partial charge in [0.25, 0.3) is 0 Å². The molecule has 0 unspecified atom stereocenters. The van der Waals surface area contributed by atoms with E-state index in [0.29, 0.717) is 6.54 Å². The van der Waals surface area contributed by atoms with E-state index in [-0.39, 0.29) is 30.7 Å². The number of rotatable bonds is 4. The average molecular weight is 475 g/mol. The van der Waals surface area contributed by atoms with Crippen LogP contribution in [-0.4, -0.2) is 60.0 Å². The van der Waals surface area contributed by atoms with Crippen molar-refractivity contribution in [3.8, 4) is 0 Å². The smallest absolute Gasteiger partial charge is 0.241 e. The lowest BCUT2D eigenvalue weighted by atomic mass is 10.0. The van der Waals surface area contributed by atoms with Crippen LogP contribution in [0.1, 0.15) is 16.8 Å². The molecular formula is C25H32Cl2N4O. The number of piperazine rings is 1. The SMILES string of the molecule is CN1CCc2c(n(C)c3cc(N4CCN(CCc5ccccc5)CC4=O)ccc23)C1.Cl.Cl. The first kappa shape index (κ1) is 24.6. The molecule has 1 amide bonds. The van der Waals surface area contributed by atoms with E-state index in [2.05, 4.69) is 70.9 Å².